The Morgan fingerprint density at radius 1 is 1.07 bits per heavy atom. The highest BCUT2D eigenvalue weighted by Gasteiger charge is 2.80. The van der Waals surface area contributed by atoms with E-state index in [2.05, 4.69) is 0 Å². The van der Waals surface area contributed by atoms with E-state index < -0.39 is 41.5 Å². The standard InChI is InChI=1S/C22H20O8/c23-17-12-28-22(26)19(17)29-20(25)21(22)16(10-18(24)30-21)14-6-8-15(9-7-14)27-11-13-4-2-1-3-5-13/h1-9,16-17,19,23,26H,10-12H2/t16-,17+,19-,21-,22+/m1/s1. The quantitative estimate of drug-likeness (QED) is 0.717. The van der Waals surface area contributed by atoms with E-state index in [1.165, 1.54) is 0 Å². The Bertz CT molecular complexity index is 974. The minimum absolute atomic E-state index is 0.131. The first kappa shape index (κ1) is 19.0. The lowest BCUT2D eigenvalue weighted by molar-refractivity contribution is -0.264. The number of carbonyl (C=O) groups excluding carboxylic acids is 2. The maximum absolute atomic E-state index is 12.7. The first-order valence-corrected chi connectivity index (χ1v) is 9.68. The van der Waals surface area contributed by atoms with Crippen molar-refractivity contribution in [2.75, 3.05) is 6.61 Å². The van der Waals surface area contributed by atoms with Gasteiger partial charge in [-0.2, -0.15) is 0 Å². The predicted octanol–water partition coefficient (Wildman–Crippen LogP) is 1.04. The second-order valence-corrected chi connectivity index (χ2v) is 7.71. The van der Waals surface area contributed by atoms with Gasteiger partial charge in [0.2, 0.25) is 0 Å². The summed E-state index contributed by atoms with van der Waals surface area (Å²) >= 11 is 0. The average Bonchev–Trinajstić information content (AvgIpc) is 3.34. The molecule has 0 aliphatic carbocycles. The van der Waals surface area contributed by atoms with Gasteiger partial charge in [0, 0.05) is 0 Å². The molecule has 3 heterocycles. The Kier molecular flexibility index (Phi) is 4.32. The topological polar surface area (TPSA) is 112 Å². The molecule has 5 rings (SSSR count). The number of ether oxygens (including phenoxy) is 4. The van der Waals surface area contributed by atoms with Gasteiger partial charge in [-0.1, -0.05) is 42.5 Å². The van der Waals surface area contributed by atoms with Crippen molar-refractivity contribution in [3.63, 3.8) is 0 Å². The first-order chi connectivity index (χ1) is 14.4. The summed E-state index contributed by atoms with van der Waals surface area (Å²) in [5.74, 6) is -4.04. The van der Waals surface area contributed by atoms with Gasteiger partial charge in [-0.25, -0.2) is 4.79 Å². The highest BCUT2D eigenvalue weighted by atomic mass is 16.7. The average molecular weight is 412 g/mol. The molecule has 3 aliphatic heterocycles. The molecule has 0 unspecified atom stereocenters. The molecule has 1 spiro atoms. The largest absolute Gasteiger partial charge is 0.489 e. The van der Waals surface area contributed by atoms with Gasteiger partial charge in [-0.15, -0.1) is 0 Å². The fraction of sp³-hybridized carbons (Fsp3) is 0.364. The summed E-state index contributed by atoms with van der Waals surface area (Å²) in [6.45, 7) is 0.168. The van der Waals surface area contributed by atoms with Crippen molar-refractivity contribution < 1.29 is 38.7 Å². The van der Waals surface area contributed by atoms with Gasteiger partial charge in [0.1, 0.15) is 18.5 Å². The zero-order valence-electron chi connectivity index (χ0n) is 15.9. The number of aliphatic hydroxyl groups is 2. The van der Waals surface area contributed by atoms with Gasteiger partial charge in [-0.3, -0.25) is 4.79 Å². The van der Waals surface area contributed by atoms with Crippen molar-refractivity contribution in [3.8, 4) is 5.75 Å². The van der Waals surface area contributed by atoms with Crippen LogP contribution in [0.3, 0.4) is 0 Å². The van der Waals surface area contributed by atoms with E-state index in [0.29, 0.717) is 17.9 Å². The number of hydrogen-bond donors (Lipinski definition) is 2. The molecule has 8 heteroatoms. The fourth-order valence-electron chi connectivity index (χ4n) is 4.47. The molecular weight excluding hydrogens is 392 g/mol. The minimum Gasteiger partial charge on any atom is -0.489 e. The van der Waals surface area contributed by atoms with Crippen LogP contribution in [0, 0.1) is 0 Å². The summed E-state index contributed by atoms with van der Waals surface area (Å²) < 4.78 is 21.7. The summed E-state index contributed by atoms with van der Waals surface area (Å²) in [6, 6.07) is 16.6. The van der Waals surface area contributed by atoms with Crippen molar-refractivity contribution >= 4 is 11.9 Å². The lowest BCUT2D eigenvalue weighted by Crippen LogP contribution is -2.60. The van der Waals surface area contributed by atoms with Gasteiger partial charge in [0.05, 0.1) is 18.9 Å². The molecule has 8 nitrogen and oxygen atoms in total. The predicted molar refractivity (Wildman–Crippen MR) is 100 cm³/mol. The third-order valence-corrected chi connectivity index (χ3v) is 5.95. The van der Waals surface area contributed by atoms with E-state index in [1.807, 2.05) is 30.3 Å². The Hall–Kier alpha value is -2.94. The van der Waals surface area contributed by atoms with E-state index in [4.69, 9.17) is 18.9 Å². The van der Waals surface area contributed by atoms with Crippen LogP contribution >= 0.6 is 0 Å². The second-order valence-electron chi connectivity index (χ2n) is 7.71. The second kappa shape index (κ2) is 6.80. The highest BCUT2D eigenvalue weighted by molar-refractivity contribution is 5.92. The van der Waals surface area contributed by atoms with E-state index in [9.17, 15) is 19.8 Å². The smallest absolute Gasteiger partial charge is 0.357 e. The van der Waals surface area contributed by atoms with Crippen LogP contribution < -0.4 is 4.74 Å². The zero-order valence-corrected chi connectivity index (χ0v) is 15.9. The number of benzene rings is 2. The lowest BCUT2D eigenvalue weighted by atomic mass is 9.76. The van der Waals surface area contributed by atoms with Gasteiger partial charge < -0.3 is 29.2 Å². The molecule has 0 bridgehead atoms. The van der Waals surface area contributed by atoms with Crippen molar-refractivity contribution in [1.29, 1.82) is 0 Å². The number of fused-ring (bicyclic) bond motifs is 2. The van der Waals surface area contributed by atoms with Crippen molar-refractivity contribution in [2.45, 2.75) is 42.5 Å². The van der Waals surface area contributed by atoms with Gasteiger partial charge >= 0.3 is 11.9 Å². The summed E-state index contributed by atoms with van der Waals surface area (Å²) in [7, 11) is 0. The van der Waals surface area contributed by atoms with Gasteiger partial charge in [-0.05, 0) is 23.3 Å². The molecule has 3 saturated heterocycles. The molecule has 156 valence electrons. The molecule has 3 aliphatic rings. The Labute approximate surface area is 171 Å². The van der Waals surface area contributed by atoms with Crippen LogP contribution in [0.5, 0.6) is 5.75 Å². The Morgan fingerprint density at radius 2 is 1.80 bits per heavy atom. The number of rotatable bonds is 4. The number of carbonyl (C=O) groups is 2. The summed E-state index contributed by atoms with van der Waals surface area (Å²) in [5, 5.41) is 21.1. The van der Waals surface area contributed by atoms with Gasteiger partial charge in [0.15, 0.2) is 6.10 Å². The molecule has 0 aromatic heterocycles. The van der Waals surface area contributed by atoms with E-state index >= 15 is 0 Å². The van der Waals surface area contributed by atoms with Crippen LogP contribution in [0.25, 0.3) is 0 Å². The molecular formula is C22H20O8. The third-order valence-electron chi connectivity index (χ3n) is 5.95. The van der Waals surface area contributed by atoms with Crippen LogP contribution in [0.1, 0.15) is 23.5 Å². The maximum Gasteiger partial charge on any atom is 0.357 e. The minimum atomic E-state index is -2.25. The number of hydrogen-bond acceptors (Lipinski definition) is 8. The SMILES string of the molecule is O=C1C[C@H](c2ccc(OCc3ccccc3)cc2)[C@@]2(O1)C(=O)O[C@@H]1[C@@H](O)CO[C@@]12O. The van der Waals surface area contributed by atoms with E-state index in [0.717, 1.165) is 5.56 Å². The van der Waals surface area contributed by atoms with Crippen LogP contribution in [0.2, 0.25) is 0 Å². The molecule has 2 aromatic rings. The third kappa shape index (κ3) is 2.64. The lowest BCUT2D eigenvalue weighted by Gasteiger charge is -2.35. The van der Waals surface area contributed by atoms with Gasteiger partial charge in [0.25, 0.3) is 11.4 Å². The molecule has 2 N–H and O–H groups in total. The Balaban J connectivity index is 1.42. The molecule has 0 saturated carbocycles. The number of esters is 2. The molecule has 2 aromatic carbocycles. The van der Waals surface area contributed by atoms with Crippen LogP contribution in [0.4, 0.5) is 0 Å². The summed E-state index contributed by atoms with van der Waals surface area (Å²) in [4.78, 5) is 24.9. The molecule has 0 amide bonds. The van der Waals surface area contributed by atoms with Crippen LogP contribution in [0.15, 0.2) is 54.6 Å². The first-order valence-electron chi connectivity index (χ1n) is 9.68. The maximum atomic E-state index is 12.7. The molecule has 0 radical (unpaired) electrons. The molecule has 3 fully saturated rings. The zero-order chi connectivity index (χ0) is 20.9. The summed E-state index contributed by atoms with van der Waals surface area (Å²) in [5.41, 5.74) is -0.448. The molecule has 30 heavy (non-hydrogen) atoms. The highest BCUT2D eigenvalue weighted by Crippen LogP contribution is 2.56. The molecule has 5 atom stereocenters. The normalized spacial score (nSPS) is 34.7. The van der Waals surface area contributed by atoms with E-state index in [1.54, 1.807) is 24.3 Å². The summed E-state index contributed by atoms with van der Waals surface area (Å²) in [6.07, 6.45) is -2.65. The van der Waals surface area contributed by atoms with Crippen LogP contribution in [-0.2, 0) is 30.4 Å². The van der Waals surface area contributed by atoms with Crippen molar-refractivity contribution in [1.82, 2.24) is 0 Å². The monoisotopic (exact) mass is 412 g/mol. The van der Waals surface area contributed by atoms with Crippen molar-refractivity contribution in [2.24, 2.45) is 0 Å². The number of aliphatic hydroxyl groups excluding tert-OH is 1. The van der Waals surface area contributed by atoms with Crippen LogP contribution in [-0.4, -0.2) is 52.4 Å². The Morgan fingerprint density at radius 3 is 2.53 bits per heavy atom. The van der Waals surface area contributed by atoms with Crippen molar-refractivity contribution in [3.05, 3.63) is 65.7 Å². The fourth-order valence-corrected chi connectivity index (χ4v) is 4.47. The van der Waals surface area contributed by atoms with E-state index in [-0.39, 0.29) is 13.0 Å².